The molecule has 0 bridgehead atoms. The minimum atomic E-state index is -0.659. The number of rotatable bonds is 8. The van der Waals surface area contributed by atoms with Crippen molar-refractivity contribution in [3.05, 3.63) is 58.1 Å². The number of aryl methyl sites for hydroxylation is 1. The number of hydrogen-bond donors (Lipinski definition) is 3. The van der Waals surface area contributed by atoms with Gasteiger partial charge in [-0.15, -0.1) is 0 Å². The van der Waals surface area contributed by atoms with E-state index in [1.165, 1.54) is 0 Å². The van der Waals surface area contributed by atoms with Crippen molar-refractivity contribution in [3.63, 3.8) is 0 Å². The summed E-state index contributed by atoms with van der Waals surface area (Å²) < 4.78 is 0. The molecule has 0 aliphatic carbocycles. The van der Waals surface area contributed by atoms with Crippen LogP contribution in [0, 0.1) is 12.8 Å². The highest BCUT2D eigenvalue weighted by Crippen LogP contribution is 2.28. The Kier molecular flexibility index (Phi) is 10.9. The van der Waals surface area contributed by atoms with E-state index in [4.69, 9.17) is 17.3 Å². The Hall–Kier alpha value is -3.30. The molecule has 3 aliphatic rings. The molecule has 2 saturated heterocycles. The Morgan fingerprint density at radius 3 is 2.53 bits per heavy atom. The number of hydrogen-bond acceptors (Lipinski definition) is 5. The lowest BCUT2D eigenvalue weighted by atomic mass is 9.90. The second kappa shape index (κ2) is 14.9. The standard InChI is InChI=1S/C35H49ClN6O3/c1-23(2)40-14-6-7-25(10-15-40)22-32(43)31(21-26-19-24(3)33(37)29(36)20-26)39-34(44)41-16-12-28(13-17-41)42-18-11-27-8-4-5-9-30(27)38-35(42)45/h4-5,8-9,19-20,23,25,28,31H,6-7,10-18,21-22,37H2,1-3H3,(H,38,45)(H,39,44)/t25?,31-/m1/s1. The van der Waals surface area contributed by atoms with Crippen LogP contribution in [0.2, 0.25) is 5.02 Å². The Bertz CT molecular complexity index is 1350. The number of piperidine rings is 1. The van der Waals surface area contributed by atoms with Crippen LogP contribution < -0.4 is 16.4 Å². The summed E-state index contributed by atoms with van der Waals surface area (Å²) >= 11 is 6.40. The molecule has 10 heteroatoms. The van der Waals surface area contributed by atoms with Crippen LogP contribution in [0.15, 0.2) is 36.4 Å². The molecule has 9 nitrogen and oxygen atoms in total. The predicted octanol–water partition coefficient (Wildman–Crippen LogP) is 5.88. The van der Waals surface area contributed by atoms with Crippen molar-refractivity contribution >= 4 is 40.8 Å². The molecule has 2 aromatic rings. The summed E-state index contributed by atoms with van der Waals surface area (Å²) in [5.41, 5.74) is 10.4. The monoisotopic (exact) mass is 636 g/mol. The average Bonchev–Trinajstić information content (AvgIpc) is 3.35. The van der Waals surface area contributed by atoms with Crippen LogP contribution in [0.4, 0.5) is 21.0 Å². The maximum Gasteiger partial charge on any atom is 0.322 e. The average molecular weight is 637 g/mol. The summed E-state index contributed by atoms with van der Waals surface area (Å²) in [6.45, 7) is 10.1. The molecule has 0 saturated carbocycles. The summed E-state index contributed by atoms with van der Waals surface area (Å²) in [6, 6.07) is 11.3. The fourth-order valence-corrected chi connectivity index (χ4v) is 7.41. The number of nitrogens with two attached hydrogens (primary N) is 1. The molecule has 5 rings (SSSR count). The third-order valence-electron chi connectivity index (χ3n) is 9.96. The van der Waals surface area contributed by atoms with Gasteiger partial charge in [0.25, 0.3) is 0 Å². The third-order valence-corrected chi connectivity index (χ3v) is 10.3. The molecule has 3 heterocycles. The molecule has 2 atom stereocenters. The van der Waals surface area contributed by atoms with Crippen LogP contribution in [0.25, 0.3) is 0 Å². The van der Waals surface area contributed by atoms with Crippen LogP contribution in [0.5, 0.6) is 0 Å². The first-order valence-corrected chi connectivity index (χ1v) is 17.0. The normalized spacial score (nSPS) is 20.6. The van der Waals surface area contributed by atoms with Crippen LogP contribution in [-0.2, 0) is 17.6 Å². The Morgan fingerprint density at radius 2 is 1.80 bits per heavy atom. The molecule has 4 N–H and O–H groups in total. The summed E-state index contributed by atoms with van der Waals surface area (Å²) in [7, 11) is 0. The van der Waals surface area contributed by atoms with Gasteiger partial charge in [0, 0.05) is 43.8 Å². The first-order valence-electron chi connectivity index (χ1n) is 16.6. The maximum absolute atomic E-state index is 13.9. The molecular weight excluding hydrogens is 588 g/mol. The number of nitrogens with one attached hydrogen (secondary N) is 2. The topological polar surface area (TPSA) is 111 Å². The first kappa shape index (κ1) is 33.1. The number of ketones is 1. The van der Waals surface area contributed by atoms with Gasteiger partial charge in [0.05, 0.1) is 16.8 Å². The quantitative estimate of drug-likeness (QED) is 0.314. The van der Waals surface area contributed by atoms with Gasteiger partial charge in [0.15, 0.2) is 5.78 Å². The number of nitrogen functional groups attached to an aromatic ring is 1. The molecule has 4 amide bonds. The van der Waals surface area contributed by atoms with Crippen LogP contribution in [0.3, 0.4) is 0 Å². The lowest BCUT2D eigenvalue weighted by Crippen LogP contribution is -2.54. The van der Waals surface area contributed by atoms with Crippen LogP contribution in [-0.4, -0.2) is 83.4 Å². The zero-order valence-corrected chi connectivity index (χ0v) is 27.7. The number of likely N-dealkylation sites (tertiary alicyclic amines) is 2. The lowest BCUT2D eigenvalue weighted by molar-refractivity contribution is -0.121. The zero-order chi connectivity index (χ0) is 32.1. The van der Waals surface area contributed by atoms with Crippen molar-refractivity contribution in [3.8, 4) is 0 Å². The number of nitrogens with zero attached hydrogens (tertiary/aromatic N) is 3. The van der Waals surface area contributed by atoms with Gasteiger partial charge in [-0.1, -0.05) is 35.9 Å². The molecule has 0 spiro atoms. The van der Waals surface area contributed by atoms with Gasteiger partial charge >= 0.3 is 12.1 Å². The lowest BCUT2D eigenvalue weighted by Gasteiger charge is -2.38. The first-order chi connectivity index (χ1) is 21.6. The van der Waals surface area contributed by atoms with Gasteiger partial charge in [-0.05, 0) is 114 Å². The van der Waals surface area contributed by atoms with Gasteiger partial charge in [-0.2, -0.15) is 0 Å². The zero-order valence-electron chi connectivity index (χ0n) is 27.0. The molecule has 244 valence electrons. The SMILES string of the molecule is Cc1cc(C[C@@H](NC(=O)N2CCC(N3CCc4ccccc4NC3=O)CC2)C(=O)CC2CCCN(C(C)C)CC2)cc(Cl)c1N. The number of carbonyl (C=O) groups excluding carboxylic acids is 3. The van der Waals surface area contributed by atoms with E-state index in [1.54, 1.807) is 11.0 Å². The van der Waals surface area contributed by atoms with E-state index >= 15 is 0 Å². The summed E-state index contributed by atoms with van der Waals surface area (Å²) in [4.78, 5) is 46.7. The summed E-state index contributed by atoms with van der Waals surface area (Å²) in [6.07, 6.45) is 6.08. The van der Waals surface area contributed by atoms with Crippen molar-refractivity contribution in [2.75, 3.05) is 43.8 Å². The van der Waals surface area contributed by atoms with E-state index in [9.17, 15) is 14.4 Å². The number of benzene rings is 2. The Morgan fingerprint density at radius 1 is 1.04 bits per heavy atom. The van der Waals surface area contributed by atoms with Gasteiger partial charge in [-0.25, -0.2) is 9.59 Å². The number of urea groups is 2. The molecule has 2 aromatic carbocycles. The van der Waals surface area contributed by atoms with Crippen molar-refractivity contribution < 1.29 is 14.4 Å². The van der Waals surface area contributed by atoms with E-state index in [-0.39, 0.29) is 23.9 Å². The van der Waals surface area contributed by atoms with Crippen LogP contribution in [0.1, 0.15) is 69.1 Å². The van der Waals surface area contributed by atoms with E-state index < -0.39 is 6.04 Å². The molecule has 1 unspecified atom stereocenters. The number of Topliss-reactive ketones (excluding diaryl/α,β-unsaturated/α-hetero) is 1. The molecular formula is C35H49ClN6O3. The fourth-order valence-electron chi connectivity index (χ4n) is 7.12. The summed E-state index contributed by atoms with van der Waals surface area (Å²) in [5, 5.41) is 6.63. The highest BCUT2D eigenvalue weighted by Gasteiger charge is 2.33. The second-order valence-electron chi connectivity index (χ2n) is 13.4. The molecule has 0 aromatic heterocycles. The number of para-hydroxylation sites is 1. The molecule has 0 radical (unpaired) electrons. The van der Waals surface area contributed by atoms with Gasteiger partial charge < -0.3 is 31.1 Å². The highest BCUT2D eigenvalue weighted by molar-refractivity contribution is 6.33. The number of fused-ring (bicyclic) bond motifs is 1. The van der Waals surface area contributed by atoms with E-state index in [1.807, 2.05) is 36.1 Å². The van der Waals surface area contributed by atoms with Crippen molar-refractivity contribution in [2.24, 2.45) is 5.92 Å². The number of anilines is 2. The fraction of sp³-hybridized carbons (Fsp3) is 0.571. The Balaban J connectivity index is 1.22. The summed E-state index contributed by atoms with van der Waals surface area (Å²) in [5.74, 6) is 0.367. The predicted molar refractivity (Wildman–Crippen MR) is 181 cm³/mol. The van der Waals surface area contributed by atoms with E-state index in [0.29, 0.717) is 68.0 Å². The van der Waals surface area contributed by atoms with Gasteiger partial charge in [0.2, 0.25) is 0 Å². The van der Waals surface area contributed by atoms with E-state index in [2.05, 4.69) is 35.4 Å². The minimum Gasteiger partial charge on any atom is -0.397 e. The minimum absolute atomic E-state index is 0.0568. The number of halogens is 1. The Labute approximate surface area is 272 Å². The van der Waals surface area contributed by atoms with E-state index in [0.717, 1.165) is 61.2 Å². The highest BCUT2D eigenvalue weighted by atomic mass is 35.5. The number of amides is 4. The largest absolute Gasteiger partial charge is 0.397 e. The van der Waals surface area contributed by atoms with Crippen molar-refractivity contribution in [1.82, 2.24) is 20.0 Å². The smallest absolute Gasteiger partial charge is 0.322 e. The van der Waals surface area contributed by atoms with Crippen molar-refractivity contribution in [2.45, 2.75) is 90.3 Å². The van der Waals surface area contributed by atoms with Crippen molar-refractivity contribution in [1.29, 1.82) is 0 Å². The van der Waals surface area contributed by atoms with Gasteiger partial charge in [0.1, 0.15) is 0 Å². The number of carbonyl (C=O) groups is 3. The molecule has 3 aliphatic heterocycles. The maximum atomic E-state index is 13.9. The second-order valence-corrected chi connectivity index (χ2v) is 13.8. The molecule has 2 fully saturated rings. The molecule has 45 heavy (non-hydrogen) atoms. The van der Waals surface area contributed by atoms with Crippen LogP contribution >= 0.6 is 11.6 Å². The van der Waals surface area contributed by atoms with Gasteiger partial charge in [-0.3, -0.25) is 4.79 Å². The third kappa shape index (κ3) is 8.30.